The van der Waals surface area contributed by atoms with Crippen molar-refractivity contribution >= 4 is 0 Å². The molecule has 2 aliphatic rings. The Morgan fingerprint density at radius 1 is 1.46 bits per heavy atom. The van der Waals surface area contributed by atoms with Crippen molar-refractivity contribution in [2.24, 2.45) is 17.8 Å². The molecule has 1 saturated carbocycles. The van der Waals surface area contributed by atoms with E-state index in [-0.39, 0.29) is 0 Å². The van der Waals surface area contributed by atoms with E-state index in [0.717, 1.165) is 24.4 Å². The first-order valence-electron chi connectivity index (χ1n) is 5.37. The predicted molar refractivity (Wildman–Crippen MR) is 53.1 cm³/mol. The molecule has 1 fully saturated rings. The summed E-state index contributed by atoms with van der Waals surface area (Å²) in [6.45, 7) is 5.00. The fourth-order valence-electron chi connectivity index (χ4n) is 2.70. The summed E-state index contributed by atoms with van der Waals surface area (Å²) in [6, 6.07) is 0.500. The third-order valence-corrected chi connectivity index (χ3v) is 3.39. The van der Waals surface area contributed by atoms with Crippen molar-refractivity contribution in [1.82, 2.24) is 5.48 Å². The zero-order valence-electron chi connectivity index (χ0n) is 8.49. The molecule has 74 valence electrons. The van der Waals surface area contributed by atoms with E-state index in [4.69, 9.17) is 4.84 Å². The highest BCUT2D eigenvalue weighted by molar-refractivity contribution is 5.11. The van der Waals surface area contributed by atoms with Crippen LogP contribution < -0.4 is 5.48 Å². The highest BCUT2D eigenvalue weighted by Gasteiger charge is 2.38. The molecule has 2 rings (SSSR count). The molecule has 2 aliphatic carbocycles. The Balaban J connectivity index is 1.84. The highest BCUT2D eigenvalue weighted by atomic mass is 16.6. The van der Waals surface area contributed by atoms with Gasteiger partial charge >= 0.3 is 0 Å². The smallest absolute Gasteiger partial charge is 0.0654 e. The van der Waals surface area contributed by atoms with Gasteiger partial charge in [0.05, 0.1) is 6.61 Å². The molecule has 0 heterocycles. The van der Waals surface area contributed by atoms with E-state index in [9.17, 15) is 0 Å². The third kappa shape index (κ3) is 1.79. The SMILES string of the molecule is CCONC(C)C1CC2C=CC1C2. The Hall–Kier alpha value is -0.340. The van der Waals surface area contributed by atoms with Crippen molar-refractivity contribution in [3.8, 4) is 0 Å². The van der Waals surface area contributed by atoms with Crippen molar-refractivity contribution in [3.63, 3.8) is 0 Å². The maximum absolute atomic E-state index is 5.24. The van der Waals surface area contributed by atoms with Crippen LogP contribution in [0.15, 0.2) is 12.2 Å². The van der Waals surface area contributed by atoms with Crippen LogP contribution in [0.1, 0.15) is 26.7 Å². The van der Waals surface area contributed by atoms with Gasteiger partial charge < -0.3 is 4.84 Å². The minimum absolute atomic E-state index is 0.500. The van der Waals surface area contributed by atoms with E-state index in [1.165, 1.54) is 12.8 Å². The van der Waals surface area contributed by atoms with Gasteiger partial charge in [-0.1, -0.05) is 12.2 Å². The summed E-state index contributed by atoms with van der Waals surface area (Å²) in [5.74, 6) is 2.47. The van der Waals surface area contributed by atoms with Gasteiger partial charge in [0.2, 0.25) is 0 Å². The van der Waals surface area contributed by atoms with Crippen LogP contribution >= 0.6 is 0 Å². The van der Waals surface area contributed by atoms with E-state index in [2.05, 4.69) is 24.6 Å². The number of hydrogen-bond donors (Lipinski definition) is 1. The summed E-state index contributed by atoms with van der Waals surface area (Å²) in [7, 11) is 0. The lowest BCUT2D eigenvalue weighted by Crippen LogP contribution is -2.35. The Morgan fingerprint density at radius 2 is 2.31 bits per heavy atom. The molecule has 2 nitrogen and oxygen atoms in total. The van der Waals surface area contributed by atoms with Crippen molar-refractivity contribution in [2.75, 3.05) is 6.61 Å². The average Bonchev–Trinajstić information content (AvgIpc) is 2.74. The van der Waals surface area contributed by atoms with Crippen molar-refractivity contribution in [3.05, 3.63) is 12.2 Å². The van der Waals surface area contributed by atoms with E-state index in [1.807, 2.05) is 6.92 Å². The van der Waals surface area contributed by atoms with Gasteiger partial charge in [0.15, 0.2) is 0 Å². The third-order valence-electron chi connectivity index (χ3n) is 3.39. The van der Waals surface area contributed by atoms with Crippen LogP contribution in [0.2, 0.25) is 0 Å². The second-order valence-electron chi connectivity index (χ2n) is 4.28. The first-order valence-corrected chi connectivity index (χ1v) is 5.37. The first-order chi connectivity index (χ1) is 6.31. The molecule has 0 aromatic carbocycles. The molecule has 0 amide bonds. The number of fused-ring (bicyclic) bond motifs is 2. The summed E-state index contributed by atoms with van der Waals surface area (Å²) in [4.78, 5) is 5.24. The zero-order valence-corrected chi connectivity index (χ0v) is 8.49. The molecule has 0 aliphatic heterocycles. The van der Waals surface area contributed by atoms with E-state index >= 15 is 0 Å². The molecule has 13 heavy (non-hydrogen) atoms. The number of hydroxylamine groups is 1. The van der Waals surface area contributed by atoms with Gasteiger partial charge in [0.25, 0.3) is 0 Å². The maximum atomic E-state index is 5.24. The molecule has 2 bridgehead atoms. The van der Waals surface area contributed by atoms with Crippen LogP contribution in [0.5, 0.6) is 0 Å². The van der Waals surface area contributed by atoms with Crippen LogP contribution in [0.3, 0.4) is 0 Å². The molecule has 0 radical (unpaired) electrons. The van der Waals surface area contributed by atoms with Crippen molar-refractivity contribution in [2.45, 2.75) is 32.7 Å². The maximum Gasteiger partial charge on any atom is 0.0654 e. The highest BCUT2D eigenvalue weighted by Crippen LogP contribution is 2.44. The van der Waals surface area contributed by atoms with Gasteiger partial charge in [-0.2, -0.15) is 5.48 Å². The molecule has 2 heteroatoms. The van der Waals surface area contributed by atoms with Gasteiger partial charge in [-0.05, 0) is 44.4 Å². The Kier molecular flexibility index (Phi) is 2.70. The quantitative estimate of drug-likeness (QED) is 0.530. The number of hydrogen-bond acceptors (Lipinski definition) is 2. The van der Waals surface area contributed by atoms with Crippen molar-refractivity contribution < 1.29 is 4.84 Å². The largest absolute Gasteiger partial charge is 0.302 e. The van der Waals surface area contributed by atoms with Gasteiger partial charge in [-0.25, -0.2) is 0 Å². The van der Waals surface area contributed by atoms with Crippen LogP contribution in [0.4, 0.5) is 0 Å². The molecule has 0 saturated heterocycles. The topological polar surface area (TPSA) is 21.3 Å². The fourth-order valence-corrected chi connectivity index (χ4v) is 2.70. The second kappa shape index (κ2) is 3.81. The second-order valence-corrected chi connectivity index (χ2v) is 4.28. The number of nitrogens with one attached hydrogen (secondary N) is 1. The standard InChI is InChI=1S/C11H19NO/c1-3-13-12-8(2)11-7-9-4-5-10(11)6-9/h4-5,8-12H,3,6-7H2,1-2H3. The molecule has 0 spiro atoms. The number of allylic oxidation sites excluding steroid dienone is 2. The van der Waals surface area contributed by atoms with Gasteiger partial charge in [0.1, 0.15) is 0 Å². The predicted octanol–water partition coefficient (Wildman–Crippen LogP) is 2.13. The molecule has 4 unspecified atom stereocenters. The van der Waals surface area contributed by atoms with Gasteiger partial charge in [-0.15, -0.1) is 0 Å². The summed E-state index contributed by atoms with van der Waals surface area (Å²) in [6.07, 6.45) is 7.50. The molecule has 0 aromatic heterocycles. The lowest BCUT2D eigenvalue weighted by Gasteiger charge is -2.25. The molecule has 4 atom stereocenters. The average molecular weight is 181 g/mol. The van der Waals surface area contributed by atoms with Crippen LogP contribution in [0, 0.1) is 17.8 Å². The monoisotopic (exact) mass is 181 g/mol. The summed E-state index contributed by atoms with van der Waals surface area (Å²) in [5, 5.41) is 0. The molecular weight excluding hydrogens is 162 g/mol. The lowest BCUT2D eigenvalue weighted by molar-refractivity contribution is 0.0105. The van der Waals surface area contributed by atoms with E-state index < -0.39 is 0 Å². The normalized spacial score (nSPS) is 38.5. The molecular formula is C11H19NO. The Bertz CT molecular complexity index is 202. The summed E-state index contributed by atoms with van der Waals surface area (Å²) < 4.78 is 0. The van der Waals surface area contributed by atoms with E-state index in [0.29, 0.717) is 6.04 Å². The lowest BCUT2D eigenvalue weighted by atomic mass is 9.88. The van der Waals surface area contributed by atoms with Gasteiger partial charge in [0, 0.05) is 6.04 Å². The van der Waals surface area contributed by atoms with Crippen LogP contribution in [-0.4, -0.2) is 12.6 Å². The minimum atomic E-state index is 0.500. The van der Waals surface area contributed by atoms with Crippen LogP contribution in [-0.2, 0) is 4.84 Å². The first kappa shape index (κ1) is 9.22. The minimum Gasteiger partial charge on any atom is -0.302 e. The summed E-state index contributed by atoms with van der Waals surface area (Å²) >= 11 is 0. The summed E-state index contributed by atoms with van der Waals surface area (Å²) in [5.41, 5.74) is 3.13. The molecule has 1 N–H and O–H groups in total. The van der Waals surface area contributed by atoms with E-state index in [1.54, 1.807) is 0 Å². The van der Waals surface area contributed by atoms with Gasteiger partial charge in [-0.3, -0.25) is 0 Å². The Labute approximate surface area is 80.3 Å². The van der Waals surface area contributed by atoms with Crippen molar-refractivity contribution in [1.29, 1.82) is 0 Å². The zero-order chi connectivity index (χ0) is 9.26. The molecule has 0 aromatic rings. The number of rotatable bonds is 4. The Morgan fingerprint density at radius 3 is 2.85 bits per heavy atom. The van der Waals surface area contributed by atoms with Crippen LogP contribution in [0.25, 0.3) is 0 Å². The fraction of sp³-hybridized carbons (Fsp3) is 0.818.